The Morgan fingerprint density at radius 3 is 2.61 bits per heavy atom. The molecule has 2 aromatic carbocycles. The quantitative estimate of drug-likeness (QED) is 0.762. The number of fused-ring (bicyclic) bond motifs is 1. The van der Waals surface area contributed by atoms with E-state index in [0.717, 1.165) is 33.5 Å². The number of carbonyl (C=O) groups is 1. The molecule has 0 saturated carbocycles. The van der Waals surface area contributed by atoms with Crippen LogP contribution in [0.1, 0.15) is 25.0 Å². The maximum atomic E-state index is 11.8. The second-order valence-electron chi connectivity index (χ2n) is 6.16. The SMILES string of the molecule is Cc1ccc2oc(-c3ccc(NC(=O)C(C)C)c(C)c3)nc2c1. The molecule has 4 nitrogen and oxygen atoms in total. The topological polar surface area (TPSA) is 55.1 Å². The zero-order valence-electron chi connectivity index (χ0n) is 13.8. The lowest BCUT2D eigenvalue weighted by Gasteiger charge is -2.11. The minimum absolute atomic E-state index is 0.0122. The molecule has 1 aromatic heterocycles. The maximum absolute atomic E-state index is 11.8. The molecule has 1 N–H and O–H groups in total. The van der Waals surface area contributed by atoms with Gasteiger partial charge in [0.1, 0.15) is 5.52 Å². The molecule has 23 heavy (non-hydrogen) atoms. The first kappa shape index (κ1) is 15.3. The highest BCUT2D eigenvalue weighted by molar-refractivity contribution is 5.93. The Balaban J connectivity index is 1.93. The molecule has 0 aliphatic heterocycles. The largest absolute Gasteiger partial charge is 0.436 e. The number of hydrogen-bond donors (Lipinski definition) is 1. The average molecular weight is 308 g/mol. The van der Waals surface area contributed by atoms with Crippen LogP contribution in [-0.2, 0) is 4.79 Å². The molecule has 0 spiro atoms. The highest BCUT2D eigenvalue weighted by Gasteiger charge is 2.12. The number of rotatable bonds is 3. The highest BCUT2D eigenvalue weighted by Crippen LogP contribution is 2.28. The number of nitrogens with one attached hydrogen (secondary N) is 1. The zero-order chi connectivity index (χ0) is 16.6. The van der Waals surface area contributed by atoms with Crippen LogP contribution in [0.25, 0.3) is 22.6 Å². The van der Waals surface area contributed by atoms with Gasteiger partial charge < -0.3 is 9.73 Å². The van der Waals surface area contributed by atoms with E-state index in [-0.39, 0.29) is 11.8 Å². The first-order valence-corrected chi connectivity index (χ1v) is 7.73. The number of hydrogen-bond acceptors (Lipinski definition) is 3. The third kappa shape index (κ3) is 3.11. The van der Waals surface area contributed by atoms with Crippen LogP contribution < -0.4 is 5.32 Å². The molecule has 4 heteroatoms. The predicted octanol–water partition coefficient (Wildman–Crippen LogP) is 4.71. The van der Waals surface area contributed by atoms with Gasteiger partial charge in [-0.25, -0.2) is 4.98 Å². The van der Waals surface area contributed by atoms with Crippen LogP contribution in [0.4, 0.5) is 5.69 Å². The van der Waals surface area contributed by atoms with Crippen LogP contribution in [-0.4, -0.2) is 10.9 Å². The lowest BCUT2D eigenvalue weighted by Crippen LogP contribution is -2.18. The molecule has 0 bridgehead atoms. The van der Waals surface area contributed by atoms with Crippen molar-refractivity contribution >= 4 is 22.7 Å². The number of carbonyl (C=O) groups excluding carboxylic acids is 1. The van der Waals surface area contributed by atoms with Gasteiger partial charge in [-0.3, -0.25) is 4.79 Å². The van der Waals surface area contributed by atoms with E-state index in [2.05, 4.69) is 10.3 Å². The number of benzene rings is 2. The van der Waals surface area contributed by atoms with E-state index in [4.69, 9.17) is 4.42 Å². The van der Waals surface area contributed by atoms with Crippen LogP contribution in [0.3, 0.4) is 0 Å². The fraction of sp³-hybridized carbons (Fsp3) is 0.263. The Hall–Kier alpha value is -2.62. The minimum Gasteiger partial charge on any atom is -0.436 e. The first-order valence-electron chi connectivity index (χ1n) is 7.73. The van der Waals surface area contributed by atoms with Gasteiger partial charge in [0.05, 0.1) is 0 Å². The Morgan fingerprint density at radius 2 is 1.91 bits per heavy atom. The molecule has 3 aromatic rings. The molecular formula is C19H20N2O2. The van der Waals surface area contributed by atoms with Crippen LogP contribution in [0.2, 0.25) is 0 Å². The van der Waals surface area contributed by atoms with Crippen molar-refractivity contribution in [2.75, 3.05) is 5.32 Å². The first-order chi connectivity index (χ1) is 10.9. The van der Waals surface area contributed by atoms with Gasteiger partial charge in [0, 0.05) is 17.2 Å². The molecule has 0 unspecified atom stereocenters. The maximum Gasteiger partial charge on any atom is 0.227 e. The molecule has 0 saturated heterocycles. The number of nitrogens with zero attached hydrogens (tertiary/aromatic N) is 1. The summed E-state index contributed by atoms with van der Waals surface area (Å²) >= 11 is 0. The number of aromatic nitrogens is 1. The summed E-state index contributed by atoms with van der Waals surface area (Å²) in [6, 6.07) is 11.7. The van der Waals surface area contributed by atoms with E-state index in [1.165, 1.54) is 0 Å². The third-order valence-electron chi connectivity index (χ3n) is 3.80. The van der Waals surface area contributed by atoms with Crippen molar-refractivity contribution < 1.29 is 9.21 Å². The normalized spacial score (nSPS) is 11.2. The lowest BCUT2D eigenvalue weighted by molar-refractivity contribution is -0.118. The summed E-state index contributed by atoms with van der Waals surface area (Å²) in [7, 11) is 0. The van der Waals surface area contributed by atoms with Gasteiger partial charge in [-0.2, -0.15) is 0 Å². The molecule has 0 aliphatic rings. The van der Waals surface area contributed by atoms with Crippen molar-refractivity contribution in [1.82, 2.24) is 4.98 Å². The fourth-order valence-corrected chi connectivity index (χ4v) is 2.37. The zero-order valence-corrected chi connectivity index (χ0v) is 13.8. The summed E-state index contributed by atoms with van der Waals surface area (Å²) in [5.74, 6) is 0.558. The molecule has 3 rings (SSSR count). The van der Waals surface area contributed by atoms with Crippen LogP contribution in [0, 0.1) is 19.8 Å². The summed E-state index contributed by atoms with van der Waals surface area (Å²) in [5, 5.41) is 2.93. The molecule has 0 fully saturated rings. The van der Waals surface area contributed by atoms with Gasteiger partial charge in [0.2, 0.25) is 11.8 Å². The van der Waals surface area contributed by atoms with Crippen molar-refractivity contribution in [2.24, 2.45) is 5.92 Å². The van der Waals surface area contributed by atoms with E-state index in [9.17, 15) is 4.79 Å². The summed E-state index contributed by atoms with van der Waals surface area (Å²) in [4.78, 5) is 16.4. The van der Waals surface area contributed by atoms with Crippen molar-refractivity contribution in [3.63, 3.8) is 0 Å². The number of aryl methyl sites for hydroxylation is 2. The second kappa shape index (κ2) is 5.88. The van der Waals surface area contributed by atoms with Gasteiger partial charge >= 0.3 is 0 Å². The monoisotopic (exact) mass is 308 g/mol. The lowest BCUT2D eigenvalue weighted by atomic mass is 10.1. The summed E-state index contributed by atoms with van der Waals surface area (Å²) in [6.45, 7) is 7.75. The second-order valence-corrected chi connectivity index (χ2v) is 6.16. The van der Waals surface area contributed by atoms with E-state index < -0.39 is 0 Å². The van der Waals surface area contributed by atoms with Gasteiger partial charge in [-0.05, 0) is 55.3 Å². The molecule has 1 heterocycles. The molecular weight excluding hydrogens is 288 g/mol. The van der Waals surface area contributed by atoms with E-state index in [0.29, 0.717) is 5.89 Å². The van der Waals surface area contributed by atoms with Gasteiger partial charge in [-0.15, -0.1) is 0 Å². The number of amides is 1. The Labute approximate surface area is 135 Å². The standard InChI is InChI=1S/C19H20N2O2/c1-11(2)18(22)20-15-7-6-14(10-13(15)4)19-21-16-9-12(3)5-8-17(16)23-19/h5-11H,1-4H3,(H,20,22). The fourth-order valence-electron chi connectivity index (χ4n) is 2.37. The Kier molecular flexibility index (Phi) is 3.90. The van der Waals surface area contributed by atoms with E-state index in [1.54, 1.807) is 0 Å². The van der Waals surface area contributed by atoms with Crippen molar-refractivity contribution in [3.8, 4) is 11.5 Å². The third-order valence-corrected chi connectivity index (χ3v) is 3.80. The van der Waals surface area contributed by atoms with Crippen LogP contribution in [0.5, 0.6) is 0 Å². The Morgan fingerprint density at radius 1 is 1.13 bits per heavy atom. The summed E-state index contributed by atoms with van der Waals surface area (Å²) in [5.41, 5.74) is 5.49. The number of oxazole rings is 1. The van der Waals surface area contributed by atoms with Crippen molar-refractivity contribution in [2.45, 2.75) is 27.7 Å². The number of anilines is 1. The van der Waals surface area contributed by atoms with Gasteiger partial charge in [-0.1, -0.05) is 19.9 Å². The molecule has 1 amide bonds. The molecule has 118 valence electrons. The van der Waals surface area contributed by atoms with Gasteiger partial charge in [0.25, 0.3) is 0 Å². The van der Waals surface area contributed by atoms with Crippen molar-refractivity contribution in [3.05, 3.63) is 47.5 Å². The van der Waals surface area contributed by atoms with Crippen molar-refractivity contribution in [1.29, 1.82) is 0 Å². The predicted molar refractivity (Wildman–Crippen MR) is 92.4 cm³/mol. The van der Waals surface area contributed by atoms with E-state index in [1.807, 2.05) is 64.1 Å². The summed E-state index contributed by atoms with van der Waals surface area (Å²) < 4.78 is 5.82. The highest BCUT2D eigenvalue weighted by atomic mass is 16.3. The average Bonchev–Trinajstić information content (AvgIpc) is 2.92. The molecule has 0 atom stereocenters. The van der Waals surface area contributed by atoms with E-state index >= 15 is 0 Å². The smallest absolute Gasteiger partial charge is 0.227 e. The Bertz CT molecular complexity index is 878. The molecule has 0 radical (unpaired) electrons. The van der Waals surface area contributed by atoms with Crippen LogP contribution in [0.15, 0.2) is 40.8 Å². The molecule has 0 aliphatic carbocycles. The summed E-state index contributed by atoms with van der Waals surface area (Å²) in [6.07, 6.45) is 0. The van der Waals surface area contributed by atoms with Crippen LogP contribution >= 0.6 is 0 Å². The minimum atomic E-state index is -0.0469. The van der Waals surface area contributed by atoms with Gasteiger partial charge in [0.15, 0.2) is 5.58 Å².